The summed E-state index contributed by atoms with van der Waals surface area (Å²) >= 11 is 11.5. The summed E-state index contributed by atoms with van der Waals surface area (Å²) in [6.45, 7) is 3.76. The molecule has 4 aromatic rings. The highest BCUT2D eigenvalue weighted by Crippen LogP contribution is 2.25. The van der Waals surface area contributed by atoms with Crippen LogP contribution in [-0.4, -0.2) is 20.0 Å². The Hall–Kier alpha value is -3.41. The lowest BCUT2D eigenvalue weighted by Gasteiger charge is -2.09. The van der Waals surface area contributed by atoms with Crippen LogP contribution in [0.25, 0.3) is 0 Å². The van der Waals surface area contributed by atoms with Gasteiger partial charge in [0.25, 0.3) is 0 Å². The Morgan fingerprint density at radius 1 is 0.703 bits per heavy atom. The summed E-state index contributed by atoms with van der Waals surface area (Å²) in [7, 11) is 3.18. The fraction of sp³-hybridized carbons (Fsp3) is 0.167. The van der Waals surface area contributed by atoms with Crippen molar-refractivity contribution >= 4 is 29.0 Å². The van der Waals surface area contributed by atoms with Crippen molar-refractivity contribution in [2.24, 2.45) is 0 Å². The van der Waals surface area contributed by atoms with Crippen LogP contribution in [0.1, 0.15) is 38.2 Å². The third-order valence-corrected chi connectivity index (χ3v) is 6.42. The van der Waals surface area contributed by atoms with Crippen molar-refractivity contribution in [3.63, 3.8) is 0 Å². The Bertz CT molecular complexity index is 1420. The fourth-order valence-electron chi connectivity index (χ4n) is 3.73. The number of ether oxygens (including phenoxy) is 2. The van der Waals surface area contributed by atoms with E-state index in [1.54, 1.807) is 63.6 Å². The van der Waals surface area contributed by atoms with Crippen LogP contribution in [0.4, 0.5) is 8.78 Å². The lowest BCUT2D eigenvalue weighted by atomic mass is 9.98. The quantitative estimate of drug-likeness (QED) is 0.229. The lowest BCUT2D eigenvalue weighted by Crippen LogP contribution is -2.06. The summed E-state index contributed by atoms with van der Waals surface area (Å²) in [4.78, 5) is 12.3. The largest absolute Gasteiger partial charge is 0.497 e. The van der Waals surface area contributed by atoms with Gasteiger partial charge >= 0.3 is 0 Å². The van der Waals surface area contributed by atoms with E-state index in [1.165, 1.54) is 12.1 Å². The molecule has 0 spiro atoms. The molecule has 0 bridgehead atoms. The summed E-state index contributed by atoms with van der Waals surface area (Å²) in [5.74, 6) is 0.0438. The van der Waals surface area contributed by atoms with Gasteiger partial charge in [0.2, 0.25) is 0 Å². The van der Waals surface area contributed by atoms with Crippen LogP contribution in [-0.2, 0) is 6.42 Å². The van der Waals surface area contributed by atoms with E-state index in [9.17, 15) is 13.6 Å². The van der Waals surface area contributed by atoms with Gasteiger partial charge in [-0.2, -0.15) is 0 Å². The topological polar surface area (TPSA) is 35.5 Å². The summed E-state index contributed by atoms with van der Waals surface area (Å²) in [6.07, 6.45) is 0.530. The number of ketones is 1. The zero-order valence-corrected chi connectivity index (χ0v) is 22.4. The van der Waals surface area contributed by atoms with E-state index >= 15 is 0 Å². The summed E-state index contributed by atoms with van der Waals surface area (Å²) < 4.78 is 37.9. The van der Waals surface area contributed by atoms with Gasteiger partial charge in [-0.05, 0) is 84.6 Å². The van der Waals surface area contributed by atoms with Gasteiger partial charge in [-0.25, -0.2) is 8.78 Å². The second-order valence-corrected chi connectivity index (χ2v) is 9.11. The monoisotopic (exact) mass is 542 g/mol. The molecule has 0 heterocycles. The van der Waals surface area contributed by atoms with Crippen molar-refractivity contribution in [3.8, 4) is 11.5 Å². The molecule has 192 valence electrons. The number of carbonyl (C=O) groups is 1. The average Bonchev–Trinajstić information content (AvgIpc) is 2.89. The van der Waals surface area contributed by atoms with Crippen LogP contribution in [0.2, 0.25) is 10.0 Å². The first kappa shape index (κ1) is 28.2. The third kappa shape index (κ3) is 6.88. The molecule has 0 unspecified atom stereocenters. The minimum Gasteiger partial charge on any atom is -0.497 e. The highest BCUT2D eigenvalue weighted by atomic mass is 35.5. The predicted molar refractivity (Wildman–Crippen MR) is 145 cm³/mol. The van der Waals surface area contributed by atoms with Crippen molar-refractivity contribution in [2.75, 3.05) is 14.2 Å². The number of carbonyl (C=O) groups excluding carboxylic acids is 1. The summed E-state index contributed by atoms with van der Waals surface area (Å²) in [6, 6.07) is 20.3. The molecule has 0 saturated carbocycles. The highest BCUT2D eigenvalue weighted by Gasteiger charge is 2.18. The van der Waals surface area contributed by atoms with Gasteiger partial charge in [0.15, 0.2) is 11.6 Å². The van der Waals surface area contributed by atoms with Crippen molar-refractivity contribution in [1.29, 1.82) is 0 Å². The highest BCUT2D eigenvalue weighted by molar-refractivity contribution is 6.31. The van der Waals surface area contributed by atoms with Crippen LogP contribution in [0.5, 0.6) is 11.5 Å². The number of hydrogen-bond acceptors (Lipinski definition) is 3. The van der Waals surface area contributed by atoms with Gasteiger partial charge in [0, 0.05) is 12.0 Å². The molecule has 4 aromatic carbocycles. The molecule has 0 aromatic heterocycles. The smallest absolute Gasteiger partial charge is 0.196 e. The van der Waals surface area contributed by atoms with Gasteiger partial charge in [0.1, 0.15) is 17.3 Å². The molecule has 37 heavy (non-hydrogen) atoms. The molecule has 0 amide bonds. The molecule has 0 aliphatic carbocycles. The molecule has 0 saturated heterocycles. The number of hydrogen-bond donors (Lipinski definition) is 0. The molecule has 0 radical (unpaired) electrons. The van der Waals surface area contributed by atoms with E-state index in [0.29, 0.717) is 23.3 Å². The molecule has 0 atom stereocenters. The number of rotatable bonds is 6. The fourth-order valence-corrected chi connectivity index (χ4v) is 4.09. The number of halogens is 4. The lowest BCUT2D eigenvalue weighted by molar-refractivity contribution is 0.103. The molecular formula is C30H26Cl2F2O3. The Morgan fingerprint density at radius 3 is 1.86 bits per heavy atom. The molecule has 0 aliphatic rings. The average molecular weight is 543 g/mol. The Morgan fingerprint density at radius 2 is 1.27 bits per heavy atom. The van der Waals surface area contributed by atoms with Crippen LogP contribution in [0.3, 0.4) is 0 Å². The van der Waals surface area contributed by atoms with Crippen molar-refractivity contribution in [2.45, 2.75) is 20.3 Å². The Kier molecular flexibility index (Phi) is 9.67. The van der Waals surface area contributed by atoms with Crippen LogP contribution in [0.15, 0.2) is 72.8 Å². The minimum absolute atomic E-state index is 0.0271. The van der Waals surface area contributed by atoms with Gasteiger partial charge < -0.3 is 9.47 Å². The van der Waals surface area contributed by atoms with Crippen LogP contribution < -0.4 is 9.47 Å². The predicted octanol–water partition coefficient (Wildman–Crippen LogP) is 8.41. The third-order valence-electron chi connectivity index (χ3n) is 5.84. The second kappa shape index (κ2) is 12.7. The van der Waals surface area contributed by atoms with Crippen molar-refractivity contribution in [3.05, 3.63) is 128 Å². The normalized spacial score (nSPS) is 10.4. The minimum atomic E-state index is -0.690. The van der Waals surface area contributed by atoms with Gasteiger partial charge in [-0.1, -0.05) is 47.5 Å². The maximum atomic E-state index is 13.8. The van der Waals surface area contributed by atoms with E-state index < -0.39 is 5.82 Å². The first-order valence-electron chi connectivity index (χ1n) is 11.4. The van der Waals surface area contributed by atoms with Crippen LogP contribution in [0, 0.1) is 25.5 Å². The zero-order chi connectivity index (χ0) is 27.1. The first-order chi connectivity index (χ1) is 17.7. The maximum absolute atomic E-state index is 13.8. The van der Waals surface area contributed by atoms with E-state index in [2.05, 4.69) is 0 Å². The first-order valence-corrected chi connectivity index (χ1v) is 12.1. The van der Waals surface area contributed by atoms with Crippen LogP contribution >= 0.6 is 23.2 Å². The van der Waals surface area contributed by atoms with Gasteiger partial charge in [-0.15, -0.1) is 0 Å². The van der Waals surface area contributed by atoms with E-state index in [0.717, 1.165) is 22.4 Å². The molecule has 3 nitrogen and oxygen atoms in total. The second-order valence-electron chi connectivity index (χ2n) is 8.29. The molecule has 0 N–H and O–H groups in total. The molecule has 0 aliphatic heterocycles. The maximum Gasteiger partial charge on any atom is 0.196 e. The zero-order valence-electron chi connectivity index (χ0n) is 20.9. The van der Waals surface area contributed by atoms with Gasteiger partial charge in [0.05, 0.1) is 29.8 Å². The molecule has 0 fully saturated rings. The molecule has 4 rings (SSSR count). The number of methoxy groups -OCH3 is 2. The number of benzene rings is 4. The van der Waals surface area contributed by atoms with E-state index in [-0.39, 0.29) is 27.2 Å². The Labute approximate surface area is 225 Å². The summed E-state index contributed by atoms with van der Waals surface area (Å²) in [5, 5.41) is 0.107. The number of aryl methyl sites for hydroxylation is 2. The van der Waals surface area contributed by atoms with E-state index in [4.69, 9.17) is 32.7 Å². The van der Waals surface area contributed by atoms with E-state index in [1.807, 2.05) is 25.1 Å². The molecule has 7 heteroatoms. The van der Waals surface area contributed by atoms with Crippen molar-refractivity contribution in [1.82, 2.24) is 0 Å². The van der Waals surface area contributed by atoms with Gasteiger partial charge in [-0.3, -0.25) is 4.79 Å². The molecular weight excluding hydrogens is 517 g/mol. The van der Waals surface area contributed by atoms with Crippen molar-refractivity contribution < 1.29 is 23.0 Å². The SMILES string of the molecule is COc1ccc(C(=O)c2cccc(Cl)c2F)c(C)c1.COc1ccc(Cc2cccc(Cl)c2F)c(C)c1. The summed E-state index contributed by atoms with van der Waals surface area (Å²) in [5.41, 5.74) is 3.88. The standard InChI is InChI=1S/C15H12ClFO2.C15H14ClFO/c1-9-8-10(19-2)6-7-11(9)15(18)12-4-3-5-13(16)14(12)17;1-10-8-13(18-2)7-6-11(10)9-12-4-3-5-14(16)15(12)17/h3-8H,1-2H3;3-8H,9H2,1-2H3. The Balaban J connectivity index is 0.000000206.